The molecule has 0 spiro atoms. The first kappa shape index (κ1) is 32.9. The van der Waals surface area contributed by atoms with E-state index in [2.05, 4.69) is 25.4 Å². The number of rotatable bonds is 7. The van der Waals surface area contributed by atoms with E-state index in [0.717, 1.165) is 6.07 Å². The smallest absolute Gasteiger partial charge is 0.407 e. The molecule has 12 nitrogen and oxygen atoms in total. The van der Waals surface area contributed by atoms with Crippen LogP contribution in [0.15, 0.2) is 29.0 Å². The van der Waals surface area contributed by atoms with E-state index < -0.39 is 41.1 Å². The van der Waals surface area contributed by atoms with Gasteiger partial charge in [0, 0.05) is 69.6 Å². The van der Waals surface area contributed by atoms with Crippen LogP contribution in [0.1, 0.15) is 81.0 Å². The lowest BCUT2D eigenvalue weighted by Crippen LogP contribution is -2.45. The number of alkyl carbamates (subject to hydrolysis) is 1. The largest absolute Gasteiger partial charge is 0.444 e. The Balaban J connectivity index is 1.25. The molecule has 2 aliphatic rings. The highest BCUT2D eigenvalue weighted by molar-refractivity contribution is 5.93. The zero-order valence-electron chi connectivity index (χ0n) is 26.8. The first-order chi connectivity index (χ1) is 21.7. The Hall–Kier alpha value is -4.43. The summed E-state index contributed by atoms with van der Waals surface area (Å²) in [5.41, 5.74) is -0.591. The van der Waals surface area contributed by atoms with Gasteiger partial charge in [-0.15, -0.1) is 0 Å². The van der Waals surface area contributed by atoms with Gasteiger partial charge in [0.15, 0.2) is 17.5 Å². The number of halogens is 3. The second kappa shape index (κ2) is 13.1. The molecule has 2 aliphatic heterocycles. The average molecular weight is 645 g/mol. The van der Waals surface area contributed by atoms with Crippen LogP contribution in [0.2, 0.25) is 0 Å². The number of piperidine rings is 1. The van der Waals surface area contributed by atoms with Gasteiger partial charge in [0.25, 0.3) is 5.91 Å². The fraction of sp³-hybridized carbons (Fsp3) is 0.548. The predicted octanol–water partition coefficient (Wildman–Crippen LogP) is 4.64. The number of aromatic nitrogens is 4. The minimum atomic E-state index is -1.31. The zero-order valence-corrected chi connectivity index (χ0v) is 26.8. The number of ether oxygens (including phenoxy) is 1. The second-order valence-electron chi connectivity index (χ2n) is 13.0. The number of carbonyl (C=O) groups excluding carboxylic acids is 2. The molecular weight excluding hydrogens is 605 g/mol. The number of anilines is 2. The Labute approximate surface area is 265 Å². The average Bonchev–Trinajstić information content (AvgIpc) is 3.66. The van der Waals surface area contributed by atoms with Crippen molar-refractivity contribution in [2.45, 2.75) is 77.0 Å². The molecule has 0 radical (unpaired) electrons. The molecule has 0 unspecified atom stereocenters. The van der Waals surface area contributed by atoms with Crippen LogP contribution < -0.4 is 15.1 Å². The minimum Gasteiger partial charge on any atom is -0.444 e. The summed E-state index contributed by atoms with van der Waals surface area (Å²) in [6.45, 7) is 10.6. The van der Waals surface area contributed by atoms with Crippen LogP contribution in [-0.4, -0.2) is 87.9 Å². The third kappa shape index (κ3) is 7.34. The predicted molar refractivity (Wildman–Crippen MR) is 162 cm³/mol. The second-order valence-corrected chi connectivity index (χ2v) is 13.0. The first-order valence-corrected chi connectivity index (χ1v) is 15.3. The van der Waals surface area contributed by atoms with E-state index >= 15 is 0 Å². The van der Waals surface area contributed by atoms with E-state index in [1.807, 2.05) is 18.7 Å². The van der Waals surface area contributed by atoms with E-state index in [9.17, 15) is 22.8 Å². The van der Waals surface area contributed by atoms with Gasteiger partial charge in [-0.25, -0.2) is 27.9 Å². The van der Waals surface area contributed by atoms with E-state index in [4.69, 9.17) is 9.26 Å². The quantitative estimate of drug-likeness (QED) is 0.363. The van der Waals surface area contributed by atoms with Crippen molar-refractivity contribution in [2.75, 3.05) is 43.0 Å². The van der Waals surface area contributed by atoms with Crippen molar-refractivity contribution in [3.05, 3.63) is 58.9 Å². The van der Waals surface area contributed by atoms with E-state index in [0.29, 0.717) is 43.8 Å². The normalized spacial score (nSPS) is 19.1. The molecule has 4 heterocycles. The maximum absolute atomic E-state index is 14.8. The number of amides is 2. The number of nitrogens with zero attached hydrogens (tertiary/aromatic N) is 7. The Morgan fingerprint density at radius 2 is 1.67 bits per heavy atom. The van der Waals surface area contributed by atoms with Crippen molar-refractivity contribution >= 4 is 24.0 Å². The summed E-state index contributed by atoms with van der Waals surface area (Å²) in [4.78, 5) is 44.6. The molecule has 5 rings (SSSR count). The SMILES string of the molecule is CC(C)c1noc(N2CCC(N(C)C(=O)c3cnc(N4C[C@H](NC(=O)OC(C)(C)C)[C@@H](c5cc(F)c(F)cc5F)C4)nc3)CC2)n1. The van der Waals surface area contributed by atoms with Crippen LogP contribution in [0, 0.1) is 17.5 Å². The van der Waals surface area contributed by atoms with E-state index in [1.54, 1.807) is 37.6 Å². The molecule has 1 aromatic carbocycles. The Kier molecular flexibility index (Phi) is 9.40. The Morgan fingerprint density at radius 1 is 1.02 bits per heavy atom. The van der Waals surface area contributed by atoms with Gasteiger partial charge in [-0.3, -0.25) is 4.79 Å². The molecular formula is C31H39F3N8O4. The molecule has 2 fully saturated rings. The van der Waals surface area contributed by atoms with Crippen molar-refractivity contribution in [1.82, 2.24) is 30.3 Å². The van der Waals surface area contributed by atoms with Gasteiger partial charge in [-0.05, 0) is 45.2 Å². The lowest BCUT2D eigenvalue weighted by atomic mass is 9.93. The number of hydrogen-bond donors (Lipinski definition) is 1. The molecule has 0 aliphatic carbocycles. The fourth-order valence-electron chi connectivity index (χ4n) is 5.71. The zero-order chi connectivity index (χ0) is 33.3. The summed E-state index contributed by atoms with van der Waals surface area (Å²) in [7, 11) is 1.74. The van der Waals surface area contributed by atoms with Crippen LogP contribution in [0.5, 0.6) is 0 Å². The van der Waals surface area contributed by atoms with Crippen molar-refractivity contribution in [2.24, 2.45) is 0 Å². The highest BCUT2D eigenvalue weighted by Crippen LogP contribution is 2.33. The van der Waals surface area contributed by atoms with Crippen molar-refractivity contribution in [3.8, 4) is 0 Å². The number of hydrogen-bond acceptors (Lipinski definition) is 10. The molecule has 248 valence electrons. The van der Waals surface area contributed by atoms with E-state index in [-0.39, 0.29) is 48.0 Å². The molecule has 2 aromatic heterocycles. The van der Waals surface area contributed by atoms with Crippen LogP contribution in [-0.2, 0) is 4.74 Å². The van der Waals surface area contributed by atoms with Crippen molar-refractivity contribution in [1.29, 1.82) is 0 Å². The molecule has 46 heavy (non-hydrogen) atoms. The van der Waals surface area contributed by atoms with Crippen LogP contribution in [0.4, 0.5) is 29.9 Å². The third-order valence-corrected chi connectivity index (χ3v) is 8.18. The lowest BCUT2D eigenvalue weighted by molar-refractivity contribution is 0.0504. The molecule has 2 atom stereocenters. The molecule has 2 saturated heterocycles. The molecule has 0 saturated carbocycles. The Bertz CT molecular complexity index is 1550. The summed E-state index contributed by atoms with van der Waals surface area (Å²) in [5.74, 6) is -3.40. The maximum atomic E-state index is 14.8. The summed E-state index contributed by atoms with van der Waals surface area (Å²) in [6.07, 6.45) is 3.53. The van der Waals surface area contributed by atoms with Gasteiger partial charge < -0.3 is 29.3 Å². The van der Waals surface area contributed by atoms with Gasteiger partial charge in [-0.2, -0.15) is 4.98 Å². The van der Waals surface area contributed by atoms with Gasteiger partial charge in [0.2, 0.25) is 5.95 Å². The molecule has 3 aromatic rings. The summed E-state index contributed by atoms with van der Waals surface area (Å²) in [6, 6.07) is 1.03. The lowest BCUT2D eigenvalue weighted by Gasteiger charge is -2.35. The van der Waals surface area contributed by atoms with Crippen LogP contribution in [0.25, 0.3) is 0 Å². The van der Waals surface area contributed by atoms with Gasteiger partial charge >= 0.3 is 12.1 Å². The summed E-state index contributed by atoms with van der Waals surface area (Å²) in [5, 5.41) is 6.76. The van der Waals surface area contributed by atoms with Crippen molar-refractivity contribution in [3.63, 3.8) is 0 Å². The van der Waals surface area contributed by atoms with Gasteiger partial charge in [0.1, 0.15) is 11.4 Å². The first-order valence-electron chi connectivity index (χ1n) is 15.3. The number of carbonyl (C=O) groups is 2. The molecule has 0 bridgehead atoms. The highest BCUT2D eigenvalue weighted by atomic mass is 19.2. The number of nitrogens with one attached hydrogen (secondary N) is 1. The van der Waals surface area contributed by atoms with E-state index in [1.165, 1.54) is 12.4 Å². The van der Waals surface area contributed by atoms with Crippen LogP contribution >= 0.6 is 0 Å². The Morgan fingerprint density at radius 3 is 2.28 bits per heavy atom. The third-order valence-electron chi connectivity index (χ3n) is 8.18. The minimum absolute atomic E-state index is 0.0130. The fourth-order valence-corrected chi connectivity index (χ4v) is 5.71. The molecule has 2 amide bonds. The van der Waals surface area contributed by atoms with Gasteiger partial charge in [-0.1, -0.05) is 19.0 Å². The topological polar surface area (TPSA) is 130 Å². The number of benzene rings is 1. The summed E-state index contributed by atoms with van der Waals surface area (Å²) < 4.78 is 53.5. The van der Waals surface area contributed by atoms with Crippen LogP contribution in [0.3, 0.4) is 0 Å². The van der Waals surface area contributed by atoms with Crippen molar-refractivity contribution < 1.29 is 32.0 Å². The molecule has 1 N–H and O–H groups in total. The maximum Gasteiger partial charge on any atom is 0.407 e. The standard InChI is InChI=1S/C31H39F3N8O4/c1-17(2)26-38-29(46-39-26)41-9-7-19(8-10-41)40(6)27(43)18-13-35-28(36-14-18)42-15-21(20-11-23(33)24(34)12-22(20)32)25(16-42)37-30(44)45-31(3,4)5/h11-14,17,19,21,25H,7-10,15-16H2,1-6H3,(H,37,44)/t21-,25+/m1/s1. The monoisotopic (exact) mass is 644 g/mol. The highest BCUT2D eigenvalue weighted by Gasteiger charge is 2.39. The summed E-state index contributed by atoms with van der Waals surface area (Å²) >= 11 is 0. The molecule has 15 heteroatoms. The van der Waals surface area contributed by atoms with Gasteiger partial charge in [0.05, 0.1) is 11.6 Å².